The summed E-state index contributed by atoms with van der Waals surface area (Å²) in [4.78, 5) is 20.1. The fraction of sp³-hybridized carbons (Fsp3) is 0.0556. The van der Waals surface area contributed by atoms with E-state index in [-0.39, 0.29) is 17.2 Å². The second-order valence-corrected chi connectivity index (χ2v) is 5.80. The molecular formula is C18H12ClF3N4O. The van der Waals surface area contributed by atoms with Crippen LogP contribution in [0.1, 0.15) is 16.1 Å². The lowest BCUT2D eigenvalue weighted by Gasteiger charge is -2.13. The molecule has 2 N–H and O–H groups in total. The van der Waals surface area contributed by atoms with E-state index in [1.165, 1.54) is 24.4 Å². The van der Waals surface area contributed by atoms with Crippen LogP contribution < -0.4 is 10.6 Å². The van der Waals surface area contributed by atoms with Crippen LogP contribution in [-0.2, 0) is 6.18 Å². The zero-order valence-corrected chi connectivity index (χ0v) is 14.3. The number of para-hydroxylation sites is 2. The van der Waals surface area contributed by atoms with Gasteiger partial charge in [-0.25, -0.2) is 9.97 Å². The van der Waals surface area contributed by atoms with Crippen molar-refractivity contribution in [2.24, 2.45) is 0 Å². The van der Waals surface area contributed by atoms with E-state index in [9.17, 15) is 18.0 Å². The molecule has 0 aliphatic rings. The normalized spacial score (nSPS) is 11.1. The second kappa shape index (κ2) is 7.63. The zero-order chi connectivity index (χ0) is 19.4. The molecule has 1 aromatic heterocycles. The van der Waals surface area contributed by atoms with Gasteiger partial charge in [0.2, 0.25) is 0 Å². The first-order valence-corrected chi connectivity index (χ1v) is 8.03. The van der Waals surface area contributed by atoms with Gasteiger partial charge < -0.3 is 10.6 Å². The molecule has 0 saturated carbocycles. The number of nitrogens with zero attached hydrogens (tertiary/aromatic N) is 2. The average molecular weight is 393 g/mol. The first-order chi connectivity index (χ1) is 12.8. The van der Waals surface area contributed by atoms with Crippen molar-refractivity contribution in [2.75, 3.05) is 10.6 Å². The summed E-state index contributed by atoms with van der Waals surface area (Å²) in [6.45, 7) is 0. The van der Waals surface area contributed by atoms with Crippen molar-refractivity contribution >= 4 is 34.7 Å². The molecule has 0 bridgehead atoms. The first kappa shape index (κ1) is 18.7. The molecule has 5 nitrogen and oxygen atoms in total. The molecule has 3 rings (SSSR count). The highest BCUT2D eigenvalue weighted by atomic mass is 35.5. The standard InChI is InChI=1S/C18H12ClF3N4O/c19-12-6-2-4-8-14(12)26-17(27)15-9-24-16(10-23-15)25-13-7-3-1-5-11(13)18(20,21)22/h1-10H,(H,24,25)(H,26,27). The van der Waals surface area contributed by atoms with Gasteiger partial charge in [0.25, 0.3) is 5.91 Å². The first-order valence-electron chi connectivity index (χ1n) is 7.66. The highest BCUT2D eigenvalue weighted by Gasteiger charge is 2.33. The third-order valence-electron chi connectivity index (χ3n) is 3.50. The molecule has 0 fully saturated rings. The van der Waals surface area contributed by atoms with Gasteiger partial charge in [0.1, 0.15) is 11.5 Å². The van der Waals surface area contributed by atoms with E-state index in [1.54, 1.807) is 24.3 Å². The van der Waals surface area contributed by atoms with Gasteiger partial charge >= 0.3 is 6.18 Å². The number of nitrogens with one attached hydrogen (secondary N) is 2. The third kappa shape index (κ3) is 4.53. The smallest absolute Gasteiger partial charge is 0.338 e. The molecule has 27 heavy (non-hydrogen) atoms. The average Bonchev–Trinajstić information content (AvgIpc) is 2.64. The topological polar surface area (TPSA) is 66.9 Å². The number of halogens is 4. The zero-order valence-electron chi connectivity index (χ0n) is 13.6. The lowest BCUT2D eigenvalue weighted by Crippen LogP contribution is -2.14. The van der Waals surface area contributed by atoms with E-state index in [1.807, 2.05) is 0 Å². The Hall–Kier alpha value is -3.13. The quantitative estimate of drug-likeness (QED) is 0.644. The van der Waals surface area contributed by atoms with Gasteiger partial charge in [0.15, 0.2) is 0 Å². The lowest BCUT2D eigenvalue weighted by atomic mass is 10.1. The number of carbonyl (C=O) groups excluding carboxylic acids is 1. The summed E-state index contributed by atoms with van der Waals surface area (Å²) in [5.41, 5.74) is -0.586. The molecule has 0 unspecified atom stereocenters. The fourth-order valence-corrected chi connectivity index (χ4v) is 2.42. The van der Waals surface area contributed by atoms with Crippen LogP contribution >= 0.6 is 11.6 Å². The molecule has 9 heteroatoms. The van der Waals surface area contributed by atoms with Gasteiger partial charge in [0.05, 0.1) is 34.4 Å². The maximum Gasteiger partial charge on any atom is 0.418 e. The summed E-state index contributed by atoms with van der Waals surface area (Å²) in [6, 6.07) is 11.7. The Balaban J connectivity index is 1.75. The molecule has 0 spiro atoms. The van der Waals surface area contributed by atoms with E-state index >= 15 is 0 Å². The minimum atomic E-state index is -4.51. The molecular weight excluding hydrogens is 381 g/mol. The summed E-state index contributed by atoms with van der Waals surface area (Å²) in [5, 5.41) is 5.50. The summed E-state index contributed by atoms with van der Waals surface area (Å²) in [6.07, 6.45) is -2.18. The summed E-state index contributed by atoms with van der Waals surface area (Å²) < 4.78 is 39.1. The van der Waals surface area contributed by atoms with Gasteiger partial charge in [-0.1, -0.05) is 35.9 Å². The molecule has 1 amide bonds. The Morgan fingerprint density at radius 1 is 0.926 bits per heavy atom. The van der Waals surface area contributed by atoms with Crippen LogP contribution in [0.5, 0.6) is 0 Å². The van der Waals surface area contributed by atoms with Crippen molar-refractivity contribution in [3.63, 3.8) is 0 Å². The van der Waals surface area contributed by atoms with Crippen molar-refractivity contribution in [1.82, 2.24) is 9.97 Å². The molecule has 2 aromatic carbocycles. The van der Waals surface area contributed by atoms with Crippen molar-refractivity contribution in [2.45, 2.75) is 6.18 Å². The Kier molecular flexibility index (Phi) is 5.27. The van der Waals surface area contributed by atoms with E-state index in [0.717, 1.165) is 12.3 Å². The molecule has 0 atom stereocenters. The number of alkyl halides is 3. The summed E-state index contributed by atoms with van der Waals surface area (Å²) in [7, 11) is 0. The maximum atomic E-state index is 13.0. The lowest BCUT2D eigenvalue weighted by molar-refractivity contribution is -0.136. The highest BCUT2D eigenvalue weighted by Crippen LogP contribution is 2.35. The largest absolute Gasteiger partial charge is 0.418 e. The third-order valence-corrected chi connectivity index (χ3v) is 3.83. The number of amides is 1. The number of carbonyl (C=O) groups is 1. The van der Waals surface area contributed by atoms with Gasteiger partial charge in [0, 0.05) is 0 Å². The predicted molar refractivity (Wildman–Crippen MR) is 96.2 cm³/mol. The molecule has 138 valence electrons. The summed E-state index contributed by atoms with van der Waals surface area (Å²) in [5.74, 6) is -0.473. The number of hydrogen-bond donors (Lipinski definition) is 2. The number of benzene rings is 2. The van der Waals surface area contributed by atoms with Crippen LogP contribution in [0.15, 0.2) is 60.9 Å². The fourth-order valence-electron chi connectivity index (χ4n) is 2.24. The van der Waals surface area contributed by atoms with Gasteiger partial charge in [-0.15, -0.1) is 0 Å². The number of rotatable bonds is 4. The molecule has 0 saturated heterocycles. The minimum absolute atomic E-state index is 0.00965. The van der Waals surface area contributed by atoms with Crippen LogP contribution in [0.4, 0.5) is 30.4 Å². The van der Waals surface area contributed by atoms with Crippen LogP contribution in [0.25, 0.3) is 0 Å². The molecule has 1 heterocycles. The van der Waals surface area contributed by atoms with Crippen LogP contribution in [0, 0.1) is 0 Å². The minimum Gasteiger partial charge on any atom is -0.338 e. The van der Waals surface area contributed by atoms with Gasteiger partial charge in [-0.05, 0) is 24.3 Å². The van der Waals surface area contributed by atoms with Gasteiger partial charge in [-0.3, -0.25) is 4.79 Å². The Morgan fingerprint density at radius 3 is 2.22 bits per heavy atom. The van der Waals surface area contributed by atoms with Crippen molar-refractivity contribution < 1.29 is 18.0 Å². The van der Waals surface area contributed by atoms with E-state index in [4.69, 9.17) is 11.6 Å². The Morgan fingerprint density at radius 2 is 1.59 bits per heavy atom. The van der Waals surface area contributed by atoms with Crippen molar-refractivity contribution in [3.05, 3.63) is 77.2 Å². The van der Waals surface area contributed by atoms with E-state index in [0.29, 0.717) is 10.7 Å². The number of hydrogen-bond acceptors (Lipinski definition) is 4. The van der Waals surface area contributed by atoms with Crippen LogP contribution in [-0.4, -0.2) is 15.9 Å². The van der Waals surface area contributed by atoms with Gasteiger partial charge in [-0.2, -0.15) is 13.2 Å². The molecule has 0 radical (unpaired) electrons. The monoisotopic (exact) mass is 392 g/mol. The number of aromatic nitrogens is 2. The van der Waals surface area contributed by atoms with Crippen molar-refractivity contribution in [3.8, 4) is 0 Å². The summed E-state index contributed by atoms with van der Waals surface area (Å²) >= 11 is 5.97. The second-order valence-electron chi connectivity index (χ2n) is 5.39. The predicted octanol–water partition coefficient (Wildman–Crippen LogP) is 5.14. The Labute approximate surface area is 157 Å². The Bertz CT molecular complexity index is 961. The van der Waals surface area contributed by atoms with Crippen LogP contribution in [0.3, 0.4) is 0 Å². The molecule has 0 aliphatic heterocycles. The molecule has 3 aromatic rings. The highest BCUT2D eigenvalue weighted by molar-refractivity contribution is 6.33. The van der Waals surface area contributed by atoms with E-state index in [2.05, 4.69) is 20.6 Å². The maximum absolute atomic E-state index is 13.0. The van der Waals surface area contributed by atoms with Crippen molar-refractivity contribution in [1.29, 1.82) is 0 Å². The molecule has 0 aliphatic carbocycles. The number of anilines is 3. The van der Waals surface area contributed by atoms with E-state index < -0.39 is 17.6 Å². The van der Waals surface area contributed by atoms with Crippen LogP contribution in [0.2, 0.25) is 5.02 Å². The SMILES string of the molecule is O=C(Nc1ccccc1Cl)c1cnc(Nc2ccccc2C(F)(F)F)cn1.